The van der Waals surface area contributed by atoms with Crippen LogP contribution in [0.25, 0.3) is 0 Å². The first-order valence-electron chi connectivity index (χ1n) is 43.9. The molecule has 47 heteroatoms. The first-order valence-corrected chi connectivity index (χ1v) is 48.6. The molecule has 0 bridgehead atoms. The van der Waals surface area contributed by atoms with Crippen molar-refractivity contribution in [3.8, 4) is 0 Å². The summed E-state index contributed by atoms with van der Waals surface area (Å²) in [6.07, 6.45) is -34.0. The monoisotopic (exact) mass is 1860 g/mol. The fourth-order valence-corrected chi connectivity index (χ4v) is 17.6. The lowest BCUT2D eigenvalue weighted by Gasteiger charge is -2.49. The summed E-state index contributed by atoms with van der Waals surface area (Å²) in [6, 6.07) is -2.03. The van der Waals surface area contributed by atoms with E-state index < -0.39 is 284 Å². The average Bonchev–Trinajstić information content (AvgIpc) is 0.768. The van der Waals surface area contributed by atoms with E-state index in [2.05, 4.69) is 26.0 Å². The zero-order chi connectivity index (χ0) is 91.3. The molecule has 730 valence electrons. The van der Waals surface area contributed by atoms with E-state index in [-0.39, 0.29) is 26.2 Å². The topological polar surface area (TPSA) is 708 Å². The Balaban J connectivity index is 1.16. The number of carbonyl (C=O) groups excluding carboxylic acids is 1. The van der Waals surface area contributed by atoms with Gasteiger partial charge < -0.3 is 180 Å². The number of esters is 1. The molecule has 0 aromatic rings. The highest BCUT2D eigenvalue weighted by Crippen LogP contribution is 2.49. The van der Waals surface area contributed by atoms with E-state index in [0.717, 1.165) is 70.6 Å². The van der Waals surface area contributed by atoms with Gasteiger partial charge in [0.1, 0.15) is 159 Å². The standard InChI is InChI=1S/C77H146N3O41P3/c1-3-5-7-9-11-13-15-17-19-20-22-24-26-28-30-32-51(83)111-45(40-105-35-31-29-27-25-23-21-18-16-14-12-10-8-6-4-2)41-109-124(103,104)121-70-65(96)61(92)60(91)64(95)69(70)118-73-52(80)57(88)68(50(116-73)44-108-122(99,100)37-34-79)117-75-67(98)59(90)55(86)48(114-75)42-106-76-71(62(93)54(85)47(39-82)113-76)120-77-72(119-74-66(97)58(89)53(84)46(38-81)112-74)63(94)56(87)49(115-77)43-110-123(101,102)107-36-33-78/h17,19,45-50,52-77,81-82,84-98H,3-16,18,20-44,78-80H2,1-2H3,(H,99,100)(H,101,102)(H,103,104)/b19-17+/t45-,46+,47+,48+,49+,50+,52+,53+,54+,55+,56+,57+,58-,59-,60+,61+,62-,63-,64-,65+,66-,67-,68+,69+,70+,71-,72-,73+,74+,75+,76-,77+/m0/s1. The van der Waals surface area contributed by atoms with Crippen LogP contribution < -0.4 is 17.2 Å². The van der Waals surface area contributed by atoms with Crippen molar-refractivity contribution in [2.75, 3.05) is 78.7 Å². The first kappa shape index (κ1) is 111. The molecular weight excluding hydrogens is 1720 g/mol. The molecule has 1 aliphatic carbocycles. The molecule has 0 aromatic carbocycles. The SMILES string of the molecule is CCCCCCCC/C=C/CCCCCCCC(=O)O[C@@H](COCCCCCCCCCCCCCCCC)COP(=O)(O)O[C@@H]1[C@H](O)[C@H](O)[C@@H](O)[C@H](O)[C@H]1O[C@H]1O[C@H](COP(=O)(O)CCN)[C@@H](O[C@H]2O[C@H](CO[C@H]3O[C@H](CO)[C@@H](O)[C@H](O)[C@@H]3O[C@H]3O[C@H](COP(=O)(O)OCCN)[C@@H](O)[C@H](O)[C@@H]3O[C@H]3O[C@H](CO)[C@@H](O)[C@H](O)[C@@H]3O)[C@@H](O)[C@H](O)[C@@H]2O)[C@H](O)[C@H]1N. The number of rotatable bonds is 62. The molecule has 1 saturated carbocycles. The molecule has 44 nitrogen and oxygen atoms in total. The number of allylic oxidation sites excluding steroid dienone is 2. The summed E-state index contributed by atoms with van der Waals surface area (Å²) in [5.74, 6) is -0.662. The van der Waals surface area contributed by atoms with Crippen LogP contribution in [-0.2, 0) is 98.0 Å². The number of carbonyl (C=O) groups is 1. The second-order valence-corrected chi connectivity index (χ2v) is 37.4. The molecule has 35 atom stereocenters. The number of hydrogen-bond acceptors (Lipinski definition) is 41. The molecular formula is C77H146N3O41P3. The minimum atomic E-state index is -5.61. The molecule has 124 heavy (non-hydrogen) atoms. The average molecular weight is 1860 g/mol. The Labute approximate surface area is 723 Å². The number of unbranched alkanes of at least 4 members (excludes halogenated alkanes) is 24. The Bertz CT molecular complexity index is 3070. The lowest BCUT2D eigenvalue weighted by Crippen LogP contribution is -2.69. The Morgan fingerprint density at radius 3 is 1.33 bits per heavy atom. The van der Waals surface area contributed by atoms with Gasteiger partial charge in [-0.15, -0.1) is 0 Å². The zero-order valence-electron chi connectivity index (χ0n) is 71.0. The number of ether oxygens (including phenoxy) is 12. The van der Waals surface area contributed by atoms with E-state index in [1.165, 1.54) is 89.9 Å². The molecule has 6 fully saturated rings. The van der Waals surface area contributed by atoms with Gasteiger partial charge in [0.05, 0.1) is 65.1 Å². The number of aliphatic hydroxyl groups is 17. The highest BCUT2D eigenvalue weighted by atomic mass is 31.2. The van der Waals surface area contributed by atoms with Crippen LogP contribution in [0.3, 0.4) is 0 Å². The Morgan fingerprint density at radius 1 is 0.379 bits per heavy atom. The van der Waals surface area contributed by atoms with Crippen molar-refractivity contribution >= 4 is 29.2 Å². The van der Waals surface area contributed by atoms with Crippen molar-refractivity contribution in [3.05, 3.63) is 12.2 Å². The Morgan fingerprint density at radius 2 is 0.790 bits per heavy atom. The molecule has 0 spiro atoms. The van der Waals surface area contributed by atoms with E-state index in [1.54, 1.807) is 0 Å². The molecule has 5 aliphatic heterocycles. The van der Waals surface area contributed by atoms with Gasteiger partial charge in [-0.3, -0.25) is 27.5 Å². The molecule has 3 unspecified atom stereocenters. The van der Waals surface area contributed by atoms with Crippen LogP contribution >= 0.6 is 23.2 Å². The molecule has 0 aromatic heterocycles. The molecule has 6 rings (SSSR count). The summed E-state index contributed by atoms with van der Waals surface area (Å²) < 4.78 is 136. The quantitative estimate of drug-likeness (QED) is 0.0137. The van der Waals surface area contributed by atoms with Gasteiger partial charge in [0.2, 0.25) is 0 Å². The summed E-state index contributed by atoms with van der Waals surface area (Å²) in [5.41, 5.74) is 17.5. The fraction of sp³-hybridized carbons (Fsp3) is 0.961. The van der Waals surface area contributed by atoms with Gasteiger partial charge in [-0.2, -0.15) is 0 Å². The molecule has 6 aliphatic rings. The summed E-state index contributed by atoms with van der Waals surface area (Å²) in [7, 11) is -15.3. The van der Waals surface area contributed by atoms with Crippen molar-refractivity contribution in [2.45, 2.75) is 390 Å². The Hall–Kier alpha value is -1.66. The predicted octanol–water partition coefficient (Wildman–Crippen LogP) is -1.89. The smallest absolute Gasteiger partial charge is 0.457 e. The van der Waals surface area contributed by atoms with Crippen molar-refractivity contribution in [1.82, 2.24) is 0 Å². The van der Waals surface area contributed by atoms with Gasteiger partial charge in [-0.1, -0.05) is 161 Å². The number of hydrogen-bond donors (Lipinski definition) is 23. The first-order chi connectivity index (χ1) is 59.1. The van der Waals surface area contributed by atoms with Crippen LogP contribution in [0.2, 0.25) is 0 Å². The van der Waals surface area contributed by atoms with Gasteiger partial charge in [-0.05, 0) is 38.5 Å². The Kier molecular flexibility index (Phi) is 51.8. The normalized spacial score (nSPS) is 36.8. The largest absolute Gasteiger partial charge is 0.472 e. The maximum atomic E-state index is 14.1. The highest BCUT2D eigenvalue weighted by Gasteiger charge is 2.59. The second-order valence-electron chi connectivity index (χ2n) is 32.5. The summed E-state index contributed by atoms with van der Waals surface area (Å²) in [6.45, 7) is -3.12. The van der Waals surface area contributed by atoms with Gasteiger partial charge in [0.25, 0.3) is 0 Å². The molecule has 5 saturated heterocycles. The third-order valence-electron chi connectivity index (χ3n) is 22.5. The fourth-order valence-electron chi connectivity index (χ4n) is 15.1. The third kappa shape index (κ3) is 36.0. The number of phosphoric acid groups is 2. The van der Waals surface area contributed by atoms with Crippen LogP contribution in [0, 0.1) is 0 Å². The zero-order valence-corrected chi connectivity index (χ0v) is 73.7. The van der Waals surface area contributed by atoms with Gasteiger partial charge in [0, 0.05) is 26.1 Å². The summed E-state index contributed by atoms with van der Waals surface area (Å²) in [4.78, 5) is 45.9. The second kappa shape index (κ2) is 57.8. The van der Waals surface area contributed by atoms with Gasteiger partial charge in [-0.25, -0.2) is 9.13 Å². The van der Waals surface area contributed by atoms with Gasteiger partial charge in [0.15, 0.2) is 31.5 Å². The number of phosphoric ester groups is 2. The third-order valence-corrected chi connectivity index (χ3v) is 25.9. The lowest BCUT2D eigenvalue weighted by atomic mass is 9.84. The minimum absolute atomic E-state index is 0.00987. The van der Waals surface area contributed by atoms with E-state index in [9.17, 15) is 120 Å². The van der Waals surface area contributed by atoms with E-state index in [0.29, 0.717) is 12.8 Å². The molecule has 0 radical (unpaired) electrons. The van der Waals surface area contributed by atoms with Crippen molar-refractivity contribution in [2.24, 2.45) is 17.2 Å². The lowest BCUT2D eigenvalue weighted by molar-refractivity contribution is -0.396. The molecule has 26 N–H and O–H groups in total. The van der Waals surface area contributed by atoms with Crippen LogP contribution in [-0.4, -0.2) is 382 Å². The minimum Gasteiger partial charge on any atom is -0.457 e. The van der Waals surface area contributed by atoms with E-state index >= 15 is 0 Å². The maximum absolute atomic E-state index is 14.1. The van der Waals surface area contributed by atoms with E-state index in [1.807, 2.05) is 0 Å². The van der Waals surface area contributed by atoms with Crippen LogP contribution in [0.1, 0.15) is 194 Å². The molecule has 0 amide bonds. The summed E-state index contributed by atoms with van der Waals surface area (Å²) >= 11 is 0. The molecule has 5 heterocycles. The van der Waals surface area contributed by atoms with Crippen LogP contribution in [0.5, 0.6) is 0 Å². The van der Waals surface area contributed by atoms with E-state index in [4.69, 9.17) is 96.7 Å². The summed E-state index contributed by atoms with van der Waals surface area (Å²) in [5, 5.41) is 190. The predicted molar refractivity (Wildman–Crippen MR) is 433 cm³/mol. The number of nitrogens with two attached hydrogens (primary N) is 3. The van der Waals surface area contributed by atoms with Crippen molar-refractivity contribution in [1.29, 1.82) is 0 Å². The highest BCUT2D eigenvalue weighted by molar-refractivity contribution is 7.52. The van der Waals surface area contributed by atoms with Crippen molar-refractivity contribution < 1.29 is 199 Å². The van der Waals surface area contributed by atoms with Crippen LogP contribution in [0.15, 0.2) is 12.2 Å². The van der Waals surface area contributed by atoms with Crippen LogP contribution in [0.4, 0.5) is 0 Å². The maximum Gasteiger partial charge on any atom is 0.472 e. The number of aliphatic hydroxyl groups excluding tert-OH is 17. The van der Waals surface area contributed by atoms with Gasteiger partial charge >= 0.3 is 29.2 Å². The van der Waals surface area contributed by atoms with Crippen molar-refractivity contribution in [3.63, 3.8) is 0 Å².